The first-order valence-electron chi connectivity index (χ1n) is 11.0. The van der Waals surface area contributed by atoms with Gasteiger partial charge >= 0.3 is 0 Å². The van der Waals surface area contributed by atoms with Crippen molar-refractivity contribution in [2.75, 3.05) is 13.7 Å². The van der Waals surface area contributed by atoms with Crippen LogP contribution in [0.25, 0.3) is 0 Å². The highest BCUT2D eigenvalue weighted by molar-refractivity contribution is 4.92. The average Bonchev–Trinajstić information content (AvgIpc) is 2.60. The van der Waals surface area contributed by atoms with Gasteiger partial charge in [0.25, 0.3) is 0 Å². The average molecular weight is 367 g/mol. The van der Waals surface area contributed by atoms with Crippen LogP contribution in [0.2, 0.25) is 0 Å². The lowest BCUT2D eigenvalue weighted by atomic mass is 10.1. The second-order valence-corrected chi connectivity index (χ2v) is 8.30. The Morgan fingerprint density at radius 2 is 1.35 bits per heavy atom. The third kappa shape index (κ3) is 19.7. The maximum Gasteiger partial charge on any atom is 0.0805 e. The molecule has 0 fully saturated rings. The van der Waals surface area contributed by atoms with E-state index in [-0.39, 0.29) is 11.7 Å². The maximum atomic E-state index is 5.82. The Labute approximate surface area is 164 Å². The first-order valence-corrected chi connectivity index (χ1v) is 11.0. The third-order valence-corrected chi connectivity index (χ3v) is 4.51. The molecule has 0 spiro atoms. The summed E-state index contributed by atoms with van der Waals surface area (Å²) in [4.78, 5) is 0. The van der Waals surface area contributed by atoms with Gasteiger partial charge in [-0.05, 0) is 59.3 Å². The molecule has 0 saturated heterocycles. The Kier molecular flexibility index (Phi) is 17.4. The topological polar surface area (TPSA) is 18.5 Å². The number of hydrogen-bond donors (Lipinski definition) is 0. The number of ether oxygens (including phenoxy) is 2. The molecule has 0 heterocycles. The molecule has 0 aromatic rings. The van der Waals surface area contributed by atoms with Gasteiger partial charge < -0.3 is 9.47 Å². The number of unbranched alkanes of at least 4 members (excludes halogenated alkanes) is 8. The molecule has 1 unspecified atom stereocenters. The lowest BCUT2D eigenvalue weighted by molar-refractivity contribution is -0.0632. The second-order valence-electron chi connectivity index (χ2n) is 8.30. The highest BCUT2D eigenvalue weighted by Crippen LogP contribution is 2.14. The van der Waals surface area contributed by atoms with Crippen molar-refractivity contribution < 1.29 is 9.47 Å². The summed E-state index contributed by atoms with van der Waals surface area (Å²) in [5.41, 5.74) is -0.0743. The summed E-state index contributed by atoms with van der Waals surface area (Å²) in [6, 6.07) is 0. The molecular weight excluding hydrogens is 320 g/mol. The van der Waals surface area contributed by atoms with Gasteiger partial charge in [-0.3, -0.25) is 0 Å². The lowest BCUT2D eigenvalue weighted by Crippen LogP contribution is -2.27. The summed E-state index contributed by atoms with van der Waals surface area (Å²) in [5.74, 6) is 0. The zero-order valence-corrected chi connectivity index (χ0v) is 18.4. The quantitative estimate of drug-likeness (QED) is 0.194. The van der Waals surface area contributed by atoms with Gasteiger partial charge in [0, 0.05) is 7.11 Å². The molecule has 0 rings (SSSR count). The first-order chi connectivity index (χ1) is 12.5. The molecule has 0 radical (unpaired) electrons. The van der Waals surface area contributed by atoms with Crippen molar-refractivity contribution in [3.63, 3.8) is 0 Å². The predicted molar refractivity (Wildman–Crippen MR) is 116 cm³/mol. The van der Waals surface area contributed by atoms with Crippen molar-refractivity contribution in [1.29, 1.82) is 0 Å². The van der Waals surface area contributed by atoms with Crippen LogP contribution in [0.15, 0.2) is 24.3 Å². The van der Waals surface area contributed by atoms with Crippen molar-refractivity contribution in [3.8, 4) is 0 Å². The van der Waals surface area contributed by atoms with Crippen LogP contribution in [-0.2, 0) is 9.47 Å². The van der Waals surface area contributed by atoms with E-state index in [0.29, 0.717) is 6.61 Å². The van der Waals surface area contributed by atoms with Crippen LogP contribution in [-0.4, -0.2) is 25.4 Å². The van der Waals surface area contributed by atoms with E-state index in [4.69, 9.17) is 9.47 Å². The first kappa shape index (κ1) is 25.4. The van der Waals surface area contributed by atoms with Crippen LogP contribution in [0.4, 0.5) is 0 Å². The van der Waals surface area contributed by atoms with E-state index >= 15 is 0 Å². The van der Waals surface area contributed by atoms with Crippen LogP contribution in [0, 0.1) is 0 Å². The van der Waals surface area contributed by atoms with Crippen molar-refractivity contribution >= 4 is 0 Å². The molecule has 154 valence electrons. The highest BCUT2D eigenvalue weighted by atomic mass is 16.5. The highest BCUT2D eigenvalue weighted by Gasteiger charge is 2.14. The van der Waals surface area contributed by atoms with Crippen LogP contribution in [0.1, 0.15) is 105 Å². The molecule has 0 amide bonds. The van der Waals surface area contributed by atoms with Gasteiger partial charge in [-0.1, -0.05) is 69.8 Å². The van der Waals surface area contributed by atoms with Crippen molar-refractivity contribution in [2.24, 2.45) is 0 Å². The Morgan fingerprint density at radius 3 is 1.92 bits per heavy atom. The minimum absolute atomic E-state index is 0.0743. The van der Waals surface area contributed by atoms with Crippen molar-refractivity contribution in [3.05, 3.63) is 24.3 Å². The molecule has 26 heavy (non-hydrogen) atoms. The molecule has 2 heteroatoms. The Bertz CT molecular complexity index is 339. The van der Waals surface area contributed by atoms with Crippen LogP contribution >= 0.6 is 0 Å². The molecule has 0 aliphatic carbocycles. The summed E-state index contributed by atoms with van der Waals surface area (Å²) in [6.45, 7) is 9.25. The number of methoxy groups -OCH3 is 1. The lowest BCUT2D eigenvalue weighted by Gasteiger charge is -2.23. The molecule has 0 N–H and O–H groups in total. The Balaban J connectivity index is 3.43. The monoisotopic (exact) mass is 366 g/mol. The SMILES string of the molecule is CCCCC/C=C\C/C=C\CCCCCCCC(COC(C)(C)C)OC. The molecular formula is C24H46O2. The van der Waals surface area contributed by atoms with Crippen LogP contribution < -0.4 is 0 Å². The molecule has 0 aromatic heterocycles. The minimum atomic E-state index is -0.0743. The number of rotatable bonds is 17. The van der Waals surface area contributed by atoms with Gasteiger partial charge in [-0.15, -0.1) is 0 Å². The number of allylic oxidation sites excluding steroid dienone is 4. The zero-order valence-electron chi connectivity index (χ0n) is 18.4. The third-order valence-electron chi connectivity index (χ3n) is 4.51. The molecule has 2 nitrogen and oxygen atoms in total. The van der Waals surface area contributed by atoms with Crippen LogP contribution in [0.3, 0.4) is 0 Å². The van der Waals surface area contributed by atoms with Gasteiger partial charge in [-0.25, -0.2) is 0 Å². The largest absolute Gasteiger partial charge is 0.379 e. The summed E-state index contributed by atoms with van der Waals surface area (Å²) < 4.78 is 11.3. The summed E-state index contributed by atoms with van der Waals surface area (Å²) in [6.07, 6.45) is 24.8. The molecule has 0 aliphatic rings. The van der Waals surface area contributed by atoms with E-state index in [1.165, 1.54) is 64.2 Å². The van der Waals surface area contributed by atoms with E-state index in [9.17, 15) is 0 Å². The fourth-order valence-corrected chi connectivity index (χ4v) is 2.80. The molecule has 0 aromatic carbocycles. The normalized spacial score (nSPS) is 13.9. The minimum Gasteiger partial charge on any atom is -0.379 e. The van der Waals surface area contributed by atoms with E-state index in [1.807, 2.05) is 0 Å². The van der Waals surface area contributed by atoms with Crippen LogP contribution in [0.5, 0.6) is 0 Å². The zero-order chi connectivity index (χ0) is 19.5. The van der Waals surface area contributed by atoms with Gasteiger partial charge in [-0.2, -0.15) is 0 Å². The summed E-state index contributed by atoms with van der Waals surface area (Å²) in [7, 11) is 1.80. The van der Waals surface area contributed by atoms with Gasteiger partial charge in [0.1, 0.15) is 0 Å². The Hall–Kier alpha value is -0.600. The standard InChI is InChI=1S/C24H46O2/c1-6-7-8-9-10-11-12-13-14-15-16-17-18-19-20-21-23(25-5)22-26-24(2,3)4/h10-11,13-14,23H,6-9,12,15-22H2,1-5H3/b11-10-,14-13-. The molecule has 1 atom stereocenters. The van der Waals surface area contributed by atoms with Gasteiger partial charge in [0.05, 0.1) is 18.3 Å². The van der Waals surface area contributed by atoms with Gasteiger partial charge in [0.2, 0.25) is 0 Å². The number of hydrogen-bond acceptors (Lipinski definition) is 2. The fraction of sp³-hybridized carbons (Fsp3) is 0.833. The maximum absolute atomic E-state index is 5.82. The van der Waals surface area contributed by atoms with E-state index in [0.717, 1.165) is 12.8 Å². The van der Waals surface area contributed by atoms with E-state index in [1.54, 1.807) is 7.11 Å². The fourth-order valence-electron chi connectivity index (χ4n) is 2.80. The van der Waals surface area contributed by atoms with Crippen molar-refractivity contribution in [1.82, 2.24) is 0 Å². The second kappa shape index (κ2) is 17.8. The molecule has 0 saturated carbocycles. The van der Waals surface area contributed by atoms with Crippen molar-refractivity contribution in [2.45, 2.75) is 116 Å². The summed E-state index contributed by atoms with van der Waals surface area (Å²) in [5, 5.41) is 0. The molecule has 0 aliphatic heterocycles. The smallest absolute Gasteiger partial charge is 0.0805 e. The van der Waals surface area contributed by atoms with E-state index in [2.05, 4.69) is 52.0 Å². The van der Waals surface area contributed by atoms with Gasteiger partial charge in [0.15, 0.2) is 0 Å². The Morgan fingerprint density at radius 1 is 0.769 bits per heavy atom. The predicted octanol–water partition coefficient (Wildman–Crippen LogP) is 7.63. The van der Waals surface area contributed by atoms with E-state index < -0.39 is 0 Å². The summed E-state index contributed by atoms with van der Waals surface area (Å²) >= 11 is 0. The molecule has 0 bridgehead atoms.